The molecule has 116 valence electrons. The molecule has 0 aliphatic heterocycles. The van der Waals surface area contributed by atoms with E-state index in [2.05, 4.69) is 0 Å². The van der Waals surface area contributed by atoms with Crippen LogP contribution in [-0.4, -0.2) is 31.1 Å². The maximum Gasteiger partial charge on any atom is 0.180 e. The first-order valence-corrected chi connectivity index (χ1v) is 8.96. The summed E-state index contributed by atoms with van der Waals surface area (Å²) in [4.78, 5) is 20.9. The van der Waals surface area contributed by atoms with E-state index in [1.54, 1.807) is 0 Å². The van der Waals surface area contributed by atoms with Crippen molar-refractivity contribution in [3.05, 3.63) is 24.3 Å². The number of halogens is 4. The minimum Gasteiger partial charge on any atom is -0.295 e. The summed E-state index contributed by atoms with van der Waals surface area (Å²) in [7, 11) is 0. The average Bonchev–Trinajstić information content (AvgIpc) is 3.23. The number of hydrogen-bond donors (Lipinski definition) is 0. The van der Waals surface area contributed by atoms with Gasteiger partial charge in [-0.2, -0.15) is 0 Å². The van der Waals surface area contributed by atoms with Gasteiger partial charge in [-0.3, -0.25) is 9.59 Å². The lowest BCUT2D eigenvalue weighted by Gasteiger charge is -2.56. The molecule has 0 saturated heterocycles. The number of allylic oxidation sites excluding steroid dienone is 4. The summed E-state index contributed by atoms with van der Waals surface area (Å²) in [5.74, 6) is -1.74. The molecule has 6 heteroatoms. The van der Waals surface area contributed by atoms with Gasteiger partial charge >= 0.3 is 0 Å². The zero-order valence-corrected chi connectivity index (χ0v) is 14.4. The van der Waals surface area contributed by atoms with Crippen LogP contribution in [0.5, 0.6) is 0 Å². The molecule has 5 aliphatic carbocycles. The zero-order valence-electron chi connectivity index (χ0n) is 11.4. The Kier molecular flexibility index (Phi) is 2.37. The summed E-state index contributed by atoms with van der Waals surface area (Å²) in [5, 5.41) is 0. The van der Waals surface area contributed by atoms with E-state index in [0.717, 1.165) is 0 Å². The summed E-state index contributed by atoms with van der Waals surface area (Å²) < 4.78 is 0. The molecule has 0 aromatic heterocycles. The fraction of sp³-hybridized carbons (Fsp3) is 0.625. The second-order valence-corrected chi connectivity index (χ2v) is 9.56. The lowest BCUT2D eigenvalue weighted by Crippen LogP contribution is -2.78. The average molecular weight is 378 g/mol. The number of Topliss-reactive ketones (excluding diaryl/α,β-unsaturated/α-hetero) is 2. The van der Waals surface area contributed by atoms with Gasteiger partial charge in [0.2, 0.25) is 0 Å². The van der Waals surface area contributed by atoms with Crippen molar-refractivity contribution in [2.24, 2.45) is 23.7 Å². The van der Waals surface area contributed by atoms with Gasteiger partial charge in [-0.1, -0.05) is 24.3 Å². The van der Waals surface area contributed by atoms with E-state index in [9.17, 15) is 9.59 Å². The first kappa shape index (κ1) is 14.3. The van der Waals surface area contributed by atoms with Crippen LogP contribution in [0.1, 0.15) is 12.8 Å². The van der Waals surface area contributed by atoms with Crippen LogP contribution in [0.4, 0.5) is 0 Å². The fourth-order valence-electron chi connectivity index (χ4n) is 5.52. The van der Waals surface area contributed by atoms with E-state index in [4.69, 9.17) is 46.4 Å². The minimum atomic E-state index is -1.48. The normalized spacial score (nSPS) is 63.6. The monoisotopic (exact) mass is 376 g/mol. The Bertz CT molecular complexity index is 605. The Labute approximate surface area is 147 Å². The molecule has 8 atom stereocenters. The Balaban J connectivity index is 1.84. The molecule has 22 heavy (non-hydrogen) atoms. The fourth-order valence-corrected chi connectivity index (χ4v) is 7.77. The van der Waals surface area contributed by atoms with Crippen LogP contribution in [0.15, 0.2) is 24.3 Å². The van der Waals surface area contributed by atoms with E-state index in [1.165, 1.54) is 0 Å². The molecule has 0 unspecified atom stereocenters. The van der Waals surface area contributed by atoms with Crippen molar-refractivity contribution in [3.63, 3.8) is 0 Å². The van der Waals surface area contributed by atoms with Gasteiger partial charge in [-0.25, -0.2) is 0 Å². The van der Waals surface area contributed by atoms with Crippen LogP contribution in [0.25, 0.3) is 0 Å². The largest absolute Gasteiger partial charge is 0.295 e. The number of hydrogen-bond acceptors (Lipinski definition) is 2. The summed E-state index contributed by atoms with van der Waals surface area (Å²) in [5.41, 5.74) is 0. The smallest absolute Gasteiger partial charge is 0.180 e. The van der Waals surface area contributed by atoms with Crippen molar-refractivity contribution in [1.82, 2.24) is 0 Å². The van der Waals surface area contributed by atoms with Crippen LogP contribution in [0, 0.1) is 23.7 Å². The van der Waals surface area contributed by atoms with Crippen molar-refractivity contribution in [2.45, 2.75) is 32.3 Å². The lowest BCUT2D eigenvalue weighted by atomic mass is 9.58. The molecule has 4 bridgehead atoms. The molecule has 5 rings (SSSR count). The van der Waals surface area contributed by atoms with Crippen molar-refractivity contribution in [3.8, 4) is 0 Å². The second kappa shape index (κ2) is 3.64. The topological polar surface area (TPSA) is 34.1 Å². The molecule has 0 aromatic rings. The first-order chi connectivity index (χ1) is 10.2. The lowest BCUT2D eigenvalue weighted by molar-refractivity contribution is -0.141. The van der Waals surface area contributed by atoms with E-state index < -0.39 is 19.5 Å². The highest BCUT2D eigenvalue weighted by molar-refractivity contribution is 6.64. The predicted molar refractivity (Wildman–Crippen MR) is 85.8 cm³/mol. The van der Waals surface area contributed by atoms with Crippen molar-refractivity contribution < 1.29 is 9.59 Å². The Morgan fingerprint density at radius 2 is 0.864 bits per heavy atom. The van der Waals surface area contributed by atoms with Crippen LogP contribution >= 0.6 is 46.4 Å². The molecule has 0 amide bonds. The van der Waals surface area contributed by atoms with Crippen LogP contribution in [0.2, 0.25) is 0 Å². The molecule has 0 radical (unpaired) electrons. The standard InChI is InChI=1S/C16H12Cl4O2/c17-13-7-1-2-8(5-7)14(13,18)12(22)16(20)10-4-3-9(6-10)15(16,19)11(13)21/h1-4,7-10H,5-6H2/t7-,8-,9+,10+,13-,14-,15-,16+/m1/s1. The Morgan fingerprint density at radius 3 is 1.09 bits per heavy atom. The summed E-state index contributed by atoms with van der Waals surface area (Å²) in [6.45, 7) is 0. The number of fused-ring (bicyclic) bond motifs is 10. The number of rotatable bonds is 0. The van der Waals surface area contributed by atoms with Crippen LogP contribution in [-0.2, 0) is 9.59 Å². The third-order valence-corrected chi connectivity index (χ3v) is 9.79. The summed E-state index contributed by atoms with van der Waals surface area (Å²) >= 11 is 27.2. The third-order valence-electron chi connectivity index (χ3n) is 6.59. The number of ketones is 2. The minimum absolute atomic E-state index is 0.256. The number of carbonyl (C=O) groups excluding carboxylic acids is 2. The third kappa shape index (κ3) is 1.02. The van der Waals surface area contributed by atoms with E-state index >= 15 is 0 Å². The number of carbonyl (C=O) groups is 2. The van der Waals surface area contributed by atoms with Gasteiger partial charge in [-0.05, 0) is 12.8 Å². The van der Waals surface area contributed by atoms with Crippen LogP contribution in [0.3, 0.4) is 0 Å². The van der Waals surface area contributed by atoms with Gasteiger partial charge in [0.05, 0.1) is 0 Å². The summed E-state index contributed by atoms with van der Waals surface area (Å²) in [6.07, 6.45) is 8.80. The van der Waals surface area contributed by atoms with Crippen LogP contribution < -0.4 is 0 Å². The summed E-state index contributed by atoms with van der Waals surface area (Å²) in [6, 6.07) is 0. The highest BCUT2D eigenvalue weighted by atomic mass is 35.5. The van der Waals surface area contributed by atoms with Gasteiger partial charge < -0.3 is 0 Å². The van der Waals surface area contributed by atoms with E-state index in [1.807, 2.05) is 24.3 Å². The zero-order chi connectivity index (χ0) is 15.7. The van der Waals surface area contributed by atoms with E-state index in [0.29, 0.717) is 12.8 Å². The van der Waals surface area contributed by atoms with Crippen molar-refractivity contribution in [2.75, 3.05) is 0 Å². The molecule has 3 fully saturated rings. The Morgan fingerprint density at radius 1 is 0.636 bits per heavy atom. The molecule has 2 nitrogen and oxygen atoms in total. The van der Waals surface area contributed by atoms with Gasteiger partial charge in [0.1, 0.15) is 19.5 Å². The quantitative estimate of drug-likeness (QED) is 0.478. The first-order valence-electron chi connectivity index (χ1n) is 7.45. The molecule has 3 saturated carbocycles. The molecule has 0 N–H and O–H groups in total. The van der Waals surface area contributed by atoms with Gasteiger partial charge in [0.15, 0.2) is 11.6 Å². The maximum atomic E-state index is 13.4. The highest BCUT2D eigenvalue weighted by Crippen LogP contribution is 2.73. The molecule has 0 spiro atoms. The number of alkyl halides is 4. The highest BCUT2D eigenvalue weighted by Gasteiger charge is 2.87. The SMILES string of the molecule is O=C1[C@@]2(Cl)[C@H]3C=C[C@@H](C3)[C@@]2(Cl)C(=O)[C@]2(Cl)[C@@H]3C=C[C@H](C3)[C@@]12Cl. The second-order valence-electron chi connectivity index (χ2n) is 7.17. The molecule has 5 aliphatic rings. The van der Waals surface area contributed by atoms with Gasteiger partial charge in [0, 0.05) is 23.7 Å². The van der Waals surface area contributed by atoms with Crippen molar-refractivity contribution >= 4 is 58.0 Å². The van der Waals surface area contributed by atoms with Gasteiger partial charge in [-0.15, -0.1) is 46.4 Å². The molecule has 0 aromatic carbocycles. The maximum absolute atomic E-state index is 13.4. The molecular weight excluding hydrogens is 366 g/mol. The van der Waals surface area contributed by atoms with Gasteiger partial charge in [0.25, 0.3) is 0 Å². The Hall–Kier alpha value is -0.0200. The van der Waals surface area contributed by atoms with E-state index in [-0.39, 0.29) is 35.2 Å². The van der Waals surface area contributed by atoms with Crippen molar-refractivity contribution in [1.29, 1.82) is 0 Å². The predicted octanol–water partition coefficient (Wildman–Crippen LogP) is 3.46. The molecule has 0 heterocycles. The molecular formula is C16H12Cl4O2.